The molecule has 0 fully saturated rings. The van der Waals surface area contributed by atoms with Crippen molar-refractivity contribution in [3.05, 3.63) is 29.3 Å². The molecule has 3 nitrogen and oxygen atoms in total. The van der Waals surface area contributed by atoms with Gasteiger partial charge in [0, 0.05) is 12.2 Å². The highest BCUT2D eigenvalue weighted by atomic mass is 16.4. The van der Waals surface area contributed by atoms with Crippen LogP contribution in [-0.4, -0.2) is 24.2 Å². The Labute approximate surface area is 94.7 Å². The van der Waals surface area contributed by atoms with Crippen LogP contribution in [0.25, 0.3) is 0 Å². The average molecular weight is 215 g/mol. The van der Waals surface area contributed by atoms with Gasteiger partial charge in [0.1, 0.15) is 0 Å². The van der Waals surface area contributed by atoms with Crippen LogP contribution in [0.3, 0.4) is 0 Å². The minimum Gasteiger partial charge on any atom is -0.478 e. The fourth-order valence-electron chi connectivity index (χ4n) is 1.92. The quantitative estimate of drug-likeness (QED) is 0.764. The third-order valence-electron chi connectivity index (χ3n) is 2.77. The van der Waals surface area contributed by atoms with E-state index < -0.39 is 5.97 Å². The van der Waals surface area contributed by atoms with Crippen molar-refractivity contribution in [3.63, 3.8) is 0 Å². The van der Waals surface area contributed by atoms with Crippen LogP contribution < -0.4 is 4.90 Å². The number of carbonyl (C=O) groups is 1. The Kier molecular flexibility index (Phi) is 2.82. The van der Waals surface area contributed by atoms with E-state index in [1.807, 2.05) is 13.0 Å². The summed E-state index contributed by atoms with van der Waals surface area (Å²) in [6.07, 6.45) is 0.973. The summed E-state index contributed by atoms with van der Waals surface area (Å²) in [7, 11) is 0. The fourth-order valence-corrected chi connectivity index (χ4v) is 1.92. The summed E-state index contributed by atoms with van der Waals surface area (Å²) in [6, 6.07) is 5.30. The first-order valence-corrected chi connectivity index (χ1v) is 5.23. The molecule has 0 saturated heterocycles. The Morgan fingerprint density at radius 3 is 3.06 bits per heavy atom. The van der Waals surface area contributed by atoms with E-state index in [-0.39, 0.29) is 0 Å². The van der Waals surface area contributed by atoms with Gasteiger partial charge in [0.25, 0.3) is 0 Å². The number of anilines is 1. The summed E-state index contributed by atoms with van der Waals surface area (Å²) in [4.78, 5) is 13.0. The smallest absolute Gasteiger partial charge is 0.335 e. The van der Waals surface area contributed by atoms with E-state index >= 15 is 0 Å². The molecule has 1 heterocycles. The van der Waals surface area contributed by atoms with Crippen LogP contribution in [0, 0.1) is 11.8 Å². The molecule has 1 aliphatic heterocycles. The van der Waals surface area contributed by atoms with Gasteiger partial charge in [-0.2, -0.15) is 0 Å². The van der Waals surface area contributed by atoms with Crippen molar-refractivity contribution in [3.8, 4) is 11.8 Å². The van der Waals surface area contributed by atoms with Gasteiger partial charge in [-0.3, -0.25) is 0 Å². The number of carboxylic acid groups (broad SMARTS) is 1. The molecule has 1 aromatic carbocycles. The molecule has 82 valence electrons. The highest BCUT2D eigenvalue weighted by Crippen LogP contribution is 2.28. The van der Waals surface area contributed by atoms with Gasteiger partial charge in [-0.15, -0.1) is 5.92 Å². The molecule has 0 aromatic heterocycles. The Bertz CT molecular complexity index is 482. The van der Waals surface area contributed by atoms with E-state index in [1.165, 1.54) is 5.56 Å². The molecule has 0 radical (unpaired) electrons. The zero-order chi connectivity index (χ0) is 11.5. The maximum absolute atomic E-state index is 10.9. The monoisotopic (exact) mass is 215 g/mol. The van der Waals surface area contributed by atoms with Crippen LogP contribution >= 0.6 is 0 Å². The molecule has 0 bridgehead atoms. The predicted molar refractivity (Wildman–Crippen MR) is 62.8 cm³/mol. The fraction of sp³-hybridized carbons (Fsp3) is 0.308. The van der Waals surface area contributed by atoms with Crippen molar-refractivity contribution < 1.29 is 9.90 Å². The molecule has 0 saturated carbocycles. The lowest BCUT2D eigenvalue weighted by molar-refractivity contribution is 0.0697. The Hall–Kier alpha value is -1.95. The van der Waals surface area contributed by atoms with Crippen LogP contribution in [0.15, 0.2) is 18.2 Å². The second-order valence-electron chi connectivity index (χ2n) is 3.75. The van der Waals surface area contributed by atoms with Gasteiger partial charge < -0.3 is 10.0 Å². The van der Waals surface area contributed by atoms with E-state index in [4.69, 9.17) is 5.11 Å². The van der Waals surface area contributed by atoms with Crippen molar-refractivity contribution in [1.82, 2.24) is 0 Å². The molecular weight excluding hydrogens is 202 g/mol. The first-order chi connectivity index (χ1) is 7.72. The molecule has 16 heavy (non-hydrogen) atoms. The summed E-state index contributed by atoms with van der Waals surface area (Å²) in [6.45, 7) is 3.41. The van der Waals surface area contributed by atoms with Gasteiger partial charge in [-0.1, -0.05) is 12.0 Å². The molecular formula is C13H13NO2. The maximum Gasteiger partial charge on any atom is 0.335 e. The molecule has 1 aromatic rings. The molecule has 0 amide bonds. The third-order valence-corrected chi connectivity index (χ3v) is 2.77. The van der Waals surface area contributed by atoms with Gasteiger partial charge >= 0.3 is 5.97 Å². The summed E-state index contributed by atoms with van der Waals surface area (Å²) >= 11 is 0. The SMILES string of the molecule is CC#CCN1CCc2ccc(C(=O)O)cc21. The Morgan fingerprint density at radius 1 is 1.56 bits per heavy atom. The van der Waals surface area contributed by atoms with Crippen molar-refractivity contribution >= 4 is 11.7 Å². The molecule has 0 atom stereocenters. The van der Waals surface area contributed by atoms with Gasteiger partial charge in [-0.25, -0.2) is 4.79 Å². The third kappa shape index (κ3) is 1.87. The highest BCUT2D eigenvalue weighted by molar-refractivity contribution is 5.89. The largest absolute Gasteiger partial charge is 0.478 e. The molecule has 3 heteroatoms. The lowest BCUT2D eigenvalue weighted by Gasteiger charge is -2.16. The maximum atomic E-state index is 10.9. The molecule has 0 spiro atoms. The number of carboxylic acids is 1. The van der Waals surface area contributed by atoms with Gasteiger partial charge in [0.15, 0.2) is 0 Å². The number of hydrogen-bond acceptors (Lipinski definition) is 2. The van der Waals surface area contributed by atoms with Crippen LogP contribution in [0.1, 0.15) is 22.8 Å². The average Bonchev–Trinajstić information content (AvgIpc) is 2.68. The second kappa shape index (κ2) is 4.28. The van der Waals surface area contributed by atoms with E-state index in [2.05, 4.69) is 16.7 Å². The normalized spacial score (nSPS) is 12.9. The zero-order valence-corrected chi connectivity index (χ0v) is 9.16. The number of nitrogens with zero attached hydrogens (tertiary/aromatic N) is 1. The number of aromatic carboxylic acids is 1. The molecule has 2 rings (SSSR count). The second-order valence-corrected chi connectivity index (χ2v) is 3.75. The number of fused-ring (bicyclic) bond motifs is 1. The summed E-state index contributed by atoms with van der Waals surface area (Å²) in [5.41, 5.74) is 2.57. The van der Waals surface area contributed by atoms with E-state index in [9.17, 15) is 4.79 Å². The lowest BCUT2D eigenvalue weighted by Crippen LogP contribution is -2.20. The summed E-state index contributed by atoms with van der Waals surface area (Å²) in [5.74, 6) is 4.98. The van der Waals surface area contributed by atoms with Crippen molar-refractivity contribution in [1.29, 1.82) is 0 Å². The highest BCUT2D eigenvalue weighted by Gasteiger charge is 2.19. The van der Waals surface area contributed by atoms with Crippen LogP contribution in [0.5, 0.6) is 0 Å². The number of benzene rings is 1. The van der Waals surface area contributed by atoms with Crippen LogP contribution in [-0.2, 0) is 6.42 Å². The standard InChI is InChI=1S/C13H13NO2/c1-2-3-7-14-8-6-10-4-5-11(13(15)16)9-12(10)14/h4-5,9H,6-8H2,1H3,(H,15,16). The van der Waals surface area contributed by atoms with Gasteiger partial charge in [-0.05, 0) is 31.0 Å². The zero-order valence-electron chi connectivity index (χ0n) is 9.16. The van der Waals surface area contributed by atoms with Crippen LogP contribution in [0.4, 0.5) is 5.69 Å². The van der Waals surface area contributed by atoms with Gasteiger partial charge in [0.2, 0.25) is 0 Å². The van der Waals surface area contributed by atoms with Gasteiger partial charge in [0.05, 0.1) is 12.1 Å². The minimum absolute atomic E-state index is 0.343. The number of rotatable bonds is 2. The predicted octanol–water partition coefficient (Wildman–Crippen LogP) is 1.77. The van der Waals surface area contributed by atoms with Crippen molar-refractivity contribution in [2.24, 2.45) is 0 Å². The topological polar surface area (TPSA) is 40.5 Å². The lowest BCUT2D eigenvalue weighted by atomic mass is 10.1. The van der Waals surface area contributed by atoms with E-state index in [0.29, 0.717) is 12.1 Å². The summed E-state index contributed by atoms with van der Waals surface area (Å²) in [5, 5.41) is 8.93. The summed E-state index contributed by atoms with van der Waals surface area (Å²) < 4.78 is 0. The van der Waals surface area contributed by atoms with Crippen molar-refractivity contribution in [2.45, 2.75) is 13.3 Å². The Balaban J connectivity index is 2.31. The first-order valence-electron chi connectivity index (χ1n) is 5.23. The molecule has 1 N–H and O–H groups in total. The molecule has 0 unspecified atom stereocenters. The Morgan fingerprint density at radius 2 is 2.38 bits per heavy atom. The minimum atomic E-state index is -0.878. The van der Waals surface area contributed by atoms with Crippen molar-refractivity contribution in [2.75, 3.05) is 18.0 Å². The van der Waals surface area contributed by atoms with E-state index in [1.54, 1.807) is 12.1 Å². The van der Waals surface area contributed by atoms with E-state index in [0.717, 1.165) is 18.7 Å². The van der Waals surface area contributed by atoms with Crippen LogP contribution in [0.2, 0.25) is 0 Å². The number of hydrogen-bond donors (Lipinski definition) is 1. The molecule has 0 aliphatic carbocycles. The first kappa shape index (κ1) is 10.6. The molecule has 1 aliphatic rings.